The van der Waals surface area contributed by atoms with Crippen LogP contribution in [0, 0.1) is 0 Å². The van der Waals surface area contributed by atoms with Gasteiger partial charge in [0, 0.05) is 25.8 Å². The Morgan fingerprint density at radius 2 is 1.61 bits per heavy atom. The molecule has 0 atom stereocenters. The van der Waals surface area contributed by atoms with Gasteiger partial charge in [0.1, 0.15) is 5.69 Å². The third-order valence-electron chi connectivity index (χ3n) is 4.58. The normalized spacial score (nSPS) is 10.5. The van der Waals surface area contributed by atoms with Crippen LogP contribution in [0.2, 0.25) is 0 Å². The predicted octanol–water partition coefficient (Wildman–Crippen LogP) is 4.69. The van der Waals surface area contributed by atoms with Gasteiger partial charge in [0.05, 0.1) is 12.4 Å². The van der Waals surface area contributed by atoms with Crippen LogP contribution in [0.1, 0.15) is 35.8 Å². The molecule has 1 amide bonds. The zero-order valence-electron chi connectivity index (χ0n) is 16.5. The number of unbranched alkanes of at least 4 members (excludes halogenated alkanes) is 1. The average molecular weight is 374 g/mol. The van der Waals surface area contributed by atoms with Gasteiger partial charge in [-0.2, -0.15) is 0 Å². The van der Waals surface area contributed by atoms with Crippen molar-refractivity contribution >= 4 is 17.4 Å². The zero-order valence-corrected chi connectivity index (χ0v) is 16.5. The number of nitrogens with zero attached hydrogens (tertiary/aromatic N) is 4. The van der Waals surface area contributed by atoms with Crippen molar-refractivity contribution in [2.24, 2.45) is 0 Å². The Morgan fingerprint density at radius 3 is 2.21 bits per heavy atom. The molecule has 0 spiro atoms. The molecule has 0 saturated heterocycles. The highest BCUT2D eigenvalue weighted by Crippen LogP contribution is 2.25. The third kappa shape index (κ3) is 4.94. The summed E-state index contributed by atoms with van der Waals surface area (Å²) in [5.74, 6) is 0.615. The summed E-state index contributed by atoms with van der Waals surface area (Å²) in [6.45, 7) is 3.50. The SMILES string of the molecule is CCCCN(C)C(=O)c1cnc(N(Cc2ccccc2)c2ccccc2)cn1. The number of aromatic nitrogens is 2. The predicted molar refractivity (Wildman–Crippen MR) is 113 cm³/mol. The summed E-state index contributed by atoms with van der Waals surface area (Å²) >= 11 is 0. The van der Waals surface area contributed by atoms with Crippen LogP contribution in [0.15, 0.2) is 73.1 Å². The molecule has 5 nitrogen and oxygen atoms in total. The largest absolute Gasteiger partial charge is 0.340 e. The van der Waals surface area contributed by atoms with Crippen LogP contribution in [-0.2, 0) is 6.54 Å². The van der Waals surface area contributed by atoms with Crippen LogP contribution >= 0.6 is 0 Å². The molecular formula is C23H26N4O. The van der Waals surface area contributed by atoms with Crippen molar-refractivity contribution in [2.75, 3.05) is 18.5 Å². The highest BCUT2D eigenvalue weighted by molar-refractivity contribution is 5.91. The fourth-order valence-corrected chi connectivity index (χ4v) is 2.94. The van der Waals surface area contributed by atoms with Crippen molar-refractivity contribution in [2.45, 2.75) is 26.3 Å². The van der Waals surface area contributed by atoms with Crippen LogP contribution in [0.4, 0.5) is 11.5 Å². The first-order chi connectivity index (χ1) is 13.7. The molecule has 1 aromatic heterocycles. The van der Waals surface area contributed by atoms with E-state index in [2.05, 4.69) is 33.9 Å². The second-order valence-electron chi connectivity index (χ2n) is 6.75. The first-order valence-electron chi connectivity index (χ1n) is 9.63. The molecule has 0 aliphatic heterocycles. The van der Waals surface area contributed by atoms with Crippen molar-refractivity contribution in [3.8, 4) is 0 Å². The Bertz CT molecular complexity index is 866. The van der Waals surface area contributed by atoms with Crippen LogP contribution in [0.3, 0.4) is 0 Å². The Kier molecular flexibility index (Phi) is 6.73. The number of hydrogen-bond donors (Lipinski definition) is 0. The molecule has 0 aliphatic carbocycles. The van der Waals surface area contributed by atoms with E-state index in [1.165, 1.54) is 5.56 Å². The molecule has 0 aliphatic rings. The summed E-state index contributed by atoms with van der Waals surface area (Å²) < 4.78 is 0. The average Bonchev–Trinajstić information content (AvgIpc) is 2.77. The van der Waals surface area contributed by atoms with Crippen LogP contribution in [-0.4, -0.2) is 34.4 Å². The van der Waals surface area contributed by atoms with Gasteiger partial charge in [0.25, 0.3) is 5.91 Å². The summed E-state index contributed by atoms with van der Waals surface area (Å²) in [5.41, 5.74) is 2.57. The molecule has 3 aromatic rings. The quantitative estimate of drug-likeness (QED) is 0.574. The summed E-state index contributed by atoms with van der Waals surface area (Å²) in [6.07, 6.45) is 5.28. The van der Waals surface area contributed by atoms with E-state index in [0.29, 0.717) is 18.1 Å². The number of benzene rings is 2. The fraction of sp³-hybridized carbons (Fsp3) is 0.261. The Morgan fingerprint density at radius 1 is 0.929 bits per heavy atom. The number of rotatable bonds is 8. The van der Waals surface area contributed by atoms with Crippen molar-refractivity contribution in [3.63, 3.8) is 0 Å². The summed E-state index contributed by atoms with van der Waals surface area (Å²) in [4.78, 5) is 25.2. The maximum Gasteiger partial charge on any atom is 0.273 e. The highest BCUT2D eigenvalue weighted by Gasteiger charge is 2.16. The van der Waals surface area contributed by atoms with Crippen LogP contribution in [0.25, 0.3) is 0 Å². The van der Waals surface area contributed by atoms with E-state index in [1.54, 1.807) is 24.3 Å². The van der Waals surface area contributed by atoms with E-state index in [1.807, 2.05) is 48.5 Å². The van der Waals surface area contributed by atoms with Crippen molar-refractivity contribution < 1.29 is 4.79 Å². The van der Waals surface area contributed by atoms with E-state index in [4.69, 9.17) is 0 Å². The lowest BCUT2D eigenvalue weighted by molar-refractivity contribution is 0.0787. The molecule has 2 aromatic carbocycles. The number of amides is 1. The minimum atomic E-state index is -0.0955. The summed E-state index contributed by atoms with van der Waals surface area (Å²) in [5, 5.41) is 0. The van der Waals surface area contributed by atoms with Crippen molar-refractivity contribution in [3.05, 3.63) is 84.3 Å². The van der Waals surface area contributed by atoms with Gasteiger partial charge in [0.15, 0.2) is 5.82 Å². The second-order valence-corrected chi connectivity index (χ2v) is 6.75. The van der Waals surface area contributed by atoms with Gasteiger partial charge in [0.2, 0.25) is 0 Å². The molecule has 0 fully saturated rings. The lowest BCUT2D eigenvalue weighted by Crippen LogP contribution is -2.28. The Labute approximate surface area is 166 Å². The molecule has 0 N–H and O–H groups in total. The number of para-hydroxylation sites is 1. The minimum absolute atomic E-state index is 0.0955. The maximum atomic E-state index is 12.5. The summed E-state index contributed by atoms with van der Waals surface area (Å²) in [6, 6.07) is 20.3. The van der Waals surface area contributed by atoms with E-state index in [0.717, 1.165) is 25.1 Å². The highest BCUT2D eigenvalue weighted by atomic mass is 16.2. The molecule has 144 valence electrons. The Balaban J connectivity index is 1.83. The molecule has 0 unspecified atom stereocenters. The molecule has 3 rings (SSSR count). The van der Waals surface area contributed by atoms with Crippen LogP contribution in [0.5, 0.6) is 0 Å². The lowest BCUT2D eigenvalue weighted by atomic mass is 10.2. The standard InChI is InChI=1S/C23H26N4O/c1-3-4-15-26(2)23(28)21-16-25-22(17-24-21)27(20-13-9-6-10-14-20)18-19-11-7-5-8-12-19/h5-14,16-17H,3-4,15,18H2,1-2H3. The molecule has 0 saturated carbocycles. The van der Waals surface area contributed by atoms with E-state index in [-0.39, 0.29) is 5.91 Å². The van der Waals surface area contributed by atoms with E-state index < -0.39 is 0 Å². The smallest absolute Gasteiger partial charge is 0.273 e. The van der Waals surface area contributed by atoms with Gasteiger partial charge in [-0.1, -0.05) is 61.9 Å². The van der Waals surface area contributed by atoms with Gasteiger partial charge in [-0.3, -0.25) is 4.79 Å². The maximum absolute atomic E-state index is 12.5. The topological polar surface area (TPSA) is 49.3 Å². The van der Waals surface area contributed by atoms with Gasteiger partial charge < -0.3 is 9.80 Å². The molecule has 5 heteroatoms. The van der Waals surface area contributed by atoms with Crippen LogP contribution < -0.4 is 4.90 Å². The van der Waals surface area contributed by atoms with Gasteiger partial charge >= 0.3 is 0 Å². The molecule has 1 heterocycles. The summed E-state index contributed by atoms with van der Waals surface area (Å²) in [7, 11) is 1.80. The number of anilines is 2. The number of carbonyl (C=O) groups is 1. The zero-order chi connectivity index (χ0) is 19.8. The minimum Gasteiger partial charge on any atom is -0.340 e. The van der Waals surface area contributed by atoms with Crippen molar-refractivity contribution in [1.29, 1.82) is 0 Å². The van der Waals surface area contributed by atoms with Crippen molar-refractivity contribution in [1.82, 2.24) is 14.9 Å². The molecule has 0 bridgehead atoms. The molecule has 0 radical (unpaired) electrons. The van der Waals surface area contributed by atoms with Gasteiger partial charge in [-0.05, 0) is 24.1 Å². The fourth-order valence-electron chi connectivity index (χ4n) is 2.94. The van der Waals surface area contributed by atoms with E-state index >= 15 is 0 Å². The first kappa shape index (κ1) is 19.5. The number of hydrogen-bond acceptors (Lipinski definition) is 4. The van der Waals surface area contributed by atoms with Gasteiger partial charge in [-0.15, -0.1) is 0 Å². The molecule has 28 heavy (non-hydrogen) atoms. The Hall–Kier alpha value is -3.21. The van der Waals surface area contributed by atoms with E-state index in [9.17, 15) is 4.79 Å². The third-order valence-corrected chi connectivity index (χ3v) is 4.58. The first-order valence-corrected chi connectivity index (χ1v) is 9.63. The second kappa shape index (κ2) is 9.65. The molecular weight excluding hydrogens is 348 g/mol. The lowest BCUT2D eigenvalue weighted by Gasteiger charge is -2.24. The monoisotopic (exact) mass is 374 g/mol. The van der Waals surface area contributed by atoms with Gasteiger partial charge in [-0.25, -0.2) is 9.97 Å². The number of carbonyl (C=O) groups excluding carboxylic acids is 1.